The maximum absolute atomic E-state index is 11.1. The molecule has 0 spiro atoms. The molecule has 1 aromatic carbocycles. The second-order valence-electron chi connectivity index (χ2n) is 3.34. The summed E-state index contributed by atoms with van der Waals surface area (Å²) in [6.45, 7) is 0. The average molecular weight is 239 g/mol. The zero-order valence-corrected chi connectivity index (χ0v) is 9.80. The average Bonchev–Trinajstić information content (AvgIpc) is 2.35. The Kier molecular flexibility index (Phi) is 4.33. The van der Waals surface area contributed by atoms with E-state index in [1.165, 1.54) is 50.4 Å². The highest BCUT2D eigenvalue weighted by Crippen LogP contribution is 2.13. The first-order chi connectivity index (χ1) is 8.04. The SMILES string of the molecule is COC(=O)c1ccc(OOC(=O)N(C)C)cc1. The maximum atomic E-state index is 11.1. The first-order valence-corrected chi connectivity index (χ1v) is 4.78. The molecule has 1 rings (SSSR count). The van der Waals surface area contributed by atoms with Crippen molar-refractivity contribution in [2.75, 3.05) is 21.2 Å². The first-order valence-electron chi connectivity index (χ1n) is 4.78. The molecule has 0 saturated carbocycles. The number of nitrogens with zero attached hydrogens (tertiary/aromatic N) is 1. The van der Waals surface area contributed by atoms with E-state index in [2.05, 4.69) is 9.62 Å². The lowest BCUT2D eigenvalue weighted by atomic mass is 10.2. The molecular formula is C11H13NO5. The van der Waals surface area contributed by atoms with Crippen molar-refractivity contribution in [1.29, 1.82) is 0 Å². The molecule has 0 unspecified atom stereocenters. The normalized spacial score (nSPS) is 9.35. The number of ether oxygens (including phenoxy) is 1. The van der Waals surface area contributed by atoms with Crippen molar-refractivity contribution < 1.29 is 24.1 Å². The number of esters is 1. The third kappa shape index (κ3) is 3.67. The molecule has 0 N–H and O–H groups in total. The number of hydrogen-bond acceptors (Lipinski definition) is 5. The number of carbonyl (C=O) groups excluding carboxylic acids is 2. The highest BCUT2D eigenvalue weighted by molar-refractivity contribution is 5.89. The van der Waals surface area contributed by atoms with Gasteiger partial charge >= 0.3 is 12.1 Å². The molecule has 1 aromatic rings. The predicted octanol–water partition coefficient (Wildman–Crippen LogP) is 1.47. The molecule has 1 amide bonds. The van der Waals surface area contributed by atoms with Gasteiger partial charge < -0.3 is 9.64 Å². The molecule has 0 aliphatic heterocycles. The number of amides is 1. The van der Waals surface area contributed by atoms with Crippen molar-refractivity contribution >= 4 is 12.1 Å². The van der Waals surface area contributed by atoms with Gasteiger partial charge in [0.15, 0.2) is 5.75 Å². The van der Waals surface area contributed by atoms with Gasteiger partial charge in [0.25, 0.3) is 0 Å². The minimum Gasteiger partial charge on any atom is -0.465 e. The largest absolute Gasteiger partial charge is 0.465 e. The van der Waals surface area contributed by atoms with E-state index in [1.54, 1.807) is 0 Å². The Balaban J connectivity index is 2.57. The topological polar surface area (TPSA) is 65.1 Å². The molecule has 0 heterocycles. The van der Waals surface area contributed by atoms with Gasteiger partial charge in [0, 0.05) is 14.1 Å². The summed E-state index contributed by atoms with van der Waals surface area (Å²) in [7, 11) is 4.36. The van der Waals surface area contributed by atoms with Gasteiger partial charge in [-0.05, 0) is 24.3 Å². The van der Waals surface area contributed by atoms with Crippen LogP contribution in [0.15, 0.2) is 24.3 Å². The summed E-state index contributed by atoms with van der Waals surface area (Å²) < 4.78 is 4.53. The predicted molar refractivity (Wildman–Crippen MR) is 58.6 cm³/mol. The summed E-state index contributed by atoms with van der Waals surface area (Å²) in [5, 5.41) is 0. The molecular weight excluding hydrogens is 226 g/mol. The minimum atomic E-state index is -0.623. The molecule has 17 heavy (non-hydrogen) atoms. The van der Waals surface area contributed by atoms with E-state index in [0.29, 0.717) is 11.3 Å². The van der Waals surface area contributed by atoms with E-state index in [0.717, 1.165) is 0 Å². The fraction of sp³-hybridized carbons (Fsp3) is 0.273. The Morgan fingerprint density at radius 3 is 2.18 bits per heavy atom. The van der Waals surface area contributed by atoms with Crippen LogP contribution in [0.2, 0.25) is 0 Å². The first kappa shape index (κ1) is 12.8. The molecule has 0 fully saturated rings. The lowest BCUT2D eigenvalue weighted by molar-refractivity contribution is -0.151. The van der Waals surface area contributed by atoms with Crippen LogP contribution < -0.4 is 4.89 Å². The number of methoxy groups -OCH3 is 1. The minimum absolute atomic E-state index is 0.313. The Labute approximate surface area is 98.6 Å². The molecule has 0 aliphatic carbocycles. The molecule has 0 aromatic heterocycles. The summed E-state index contributed by atoms with van der Waals surface area (Å²) in [5.41, 5.74) is 0.388. The third-order valence-corrected chi connectivity index (χ3v) is 1.85. The summed E-state index contributed by atoms with van der Waals surface area (Å²) in [4.78, 5) is 32.6. The van der Waals surface area contributed by atoms with Crippen molar-refractivity contribution in [3.05, 3.63) is 29.8 Å². The molecule has 6 heteroatoms. The smallest absolute Gasteiger partial charge is 0.452 e. The van der Waals surface area contributed by atoms with Crippen molar-refractivity contribution in [3.63, 3.8) is 0 Å². The zero-order chi connectivity index (χ0) is 12.8. The molecule has 0 saturated heterocycles. The van der Waals surface area contributed by atoms with E-state index < -0.39 is 12.1 Å². The van der Waals surface area contributed by atoms with Gasteiger partial charge in [0.2, 0.25) is 0 Å². The van der Waals surface area contributed by atoms with Crippen LogP contribution in [-0.4, -0.2) is 38.2 Å². The number of rotatable bonds is 3. The van der Waals surface area contributed by atoms with E-state index in [9.17, 15) is 9.59 Å². The van der Waals surface area contributed by atoms with Gasteiger partial charge in [0.05, 0.1) is 12.7 Å². The van der Waals surface area contributed by atoms with Crippen molar-refractivity contribution in [1.82, 2.24) is 4.90 Å². The summed E-state index contributed by atoms with van der Waals surface area (Å²) in [5.74, 6) is -0.130. The van der Waals surface area contributed by atoms with E-state index in [-0.39, 0.29) is 0 Å². The zero-order valence-electron chi connectivity index (χ0n) is 9.80. The maximum Gasteiger partial charge on any atom is 0.452 e. The summed E-state index contributed by atoms with van der Waals surface area (Å²) >= 11 is 0. The van der Waals surface area contributed by atoms with Crippen LogP contribution in [-0.2, 0) is 9.62 Å². The van der Waals surface area contributed by atoms with Crippen molar-refractivity contribution in [2.45, 2.75) is 0 Å². The number of hydrogen-bond donors (Lipinski definition) is 0. The van der Waals surface area contributed by atoms with E-state index >= 15 is 0 Å². The molecule has 0 atom stereocenters. The van der Waals surface area contributed by atoms with Gasteiger partial charge in [0.1, 0.15) is 0 Å². The molecule has 6 nitrogen and oxygen atoms in total. The highest BCUT2D eigenvalue weighted by atomic mass is 17.2. The van der Waals surface area contributed by atoms with Crippen molar-refractivity contribution in [2.24, 2.45) is 0 Å². The van der Waals surface area contributed by atoms with Gasteiger partial charge in [-0.15, -0.1) is 0 Å². The molecule has 0 aliphatic rings. The molecule has 0 radical (unpaired) electrons. The lowest BCUT2D eigenvalue weighted by Crippen LogP contribution is -2.24. The van der Waals surface area contributed by atoms with Gasteiger partial charge in [-0.1, -0.05) is 0 Å². The van der Waals surface area contributed by atoms with Crippen LogP contribution in [0.1, 0.15) is 10.4 Å². The highest BCUT2D eigenvalue weighted by Gasteiger charge is 2.08. The van der Waals surface area contributed by atoms with Crippen LogP contribution in [0.5, 0.6) is 5.75 Å². The summed E-state index contributed by atoms with van der Waals surface area (Å²) in [6, 6.07) is 6.00. The van der Waals surface area contributed by atoms with Crippen molar-refractivity contribution in [3.8, 4) is 5.75 Å². The molecule has 0 bridgehead atoms. The Morgan fingerprint density at radius 2 is 1.71 bits per heavy atom. The lowest BCUT2D eigenvalue weighted by Gasteiger charge is -2.09. The summed E-state index contributed by atoms with van der Waals surface area (Å²) in [6.07, 6.45) is -0.623. The van der Waals surface area contributed by atoms with Gasteiger partial charge in [-0.2, -0.15) is 0 Å². The Morgan fingerprint density at radius 1 is 1.12 bits per heavy atom. The van der Waals surface area contributed by atoms with Crippen LogP contribution in [0.25, 0.3) is 0 Å². The second-order valence-corrected chi connectivity index (χ2v) is 3.34. The number of benzene rings is 1. The third-order valence-electron chi connectivity index (χ3n) is 1.85. The number of carbonyl (C=O) groups is 2. The van der Waals surface area contributed by atoms with Crippen LogP contribution >= 0.6 is 0 Å². The fourth-order valence-corrected chi connectivity index (χ4v) is 0.923. The monoisotopic (exact) mass is 239 g/mol. The standard InChI is InChI=1S/C11H13NO5/c1-12(2)11(14)17-16-9-6-4-8(5-7-9)10(13)15-3/h4-7H,1-3H3. The fourth-order valence-electron chi connectivity index (χ4n) is 0.923. The quantitative estimate of drug-likeness (QED) is 0.454. The van der Waals surface area contributed by atoms with Crippen LogP contribution in [0, 0.1) is 0 Å². The van der Waals surface area contributed by atoms with Crippen LogP contribution in [0.3, 0.4) is 0 Å². The Hall–Kier alpha value is -2.24. The van der Waals surface area contributed by atoms with E-state index in [4.69, 9.17) is 4.89 Å². The second kappa shape index (κ2) is 5.74. The van der Waals surface area contributed by atoms with Gasteiger partial charge in [-0.3, -0.25) is 4.89 Å². The van der Waals surface area contributed by atoms with Gasteiger partial charge in [-0.25, -0.2) is 14.5 Å². The van der Waals surface area contributed by atoms with Crippen LogP contribution in [0.4, 0.5) is 4.79 Å². The van der Waals surface area contributed by atoms with E-state index in [1.807, 2.05) is 0 Å². The molecule has 92 valence electrons. The Bertz CT molecular complexity index is 399.